The fourth-order valence-electron chi connectivity index (χ4n) is 2.26. The van der Waals surface area contributed by atoms with Crippen LogP contribution in [-0.4, -0.2) is 25.7 Å². The summed E-state index contributed by atoms with van der Waals surface area (Å²) in [7, 11) is 0. The molecule has 2 aromatic rings. The first-order valence-corrected chi connectivity index (χ1v) is 7.30. The number of carbonyl (C=O) groups is 1. The quantitative estimate of drug-likeness (QED) is 0.891. The molecule has 2 aromatic carbocycles. The Kier molecular flexibility index (Phi) is 4.44. The molecule has 1 amide bonds. The van der Waals surface area contributed by atoms with Crippen molar-refractivity contribution < 1.29 is 14.3 Å². The van der Waals surface area contributed by atoms with Crippen molar-refractivity contribution in [2.75, 3.05) is 30.4 Å². The minimum atomic E-state index is -0.0639. The number of ether oxygens (including phenoxy) is 2. The summed E-state index contributed by atoms with van der Waals surface area (Å²) in [5.41, 5.74) is 1.66. The minimum Gasteiger partial charge on any atom is -0.486 e. The highest BCUT2D eigenvalue weighted by Crippen LogP contribution is 2.37. The molecule has 0 bridgehead atoms. The predicted molar refractivity (Wildman–Crippen MR) is 85.6 cm³/mol. The number of carbonyl (C=O) groups excluding carboxylic acids is 1. The number of hydrogen-bond acceptors (Lipinski definition) is 4. The van der Waals surface area contributed by atoms with Crippen molar-refractivity contribution >= 4 is 17.3 Å². The first kappa shape index (κ1) is 14.3. The zero-order valence-corrected chi connectivity index (χ0v) is 12.2. The largest absolute Gasteiger partial charge is 0.486 e. The maximum atomic E-state index is 12.0. The lowest BCUT2D eigenvalue weighted by Gasteiger charge is -2.21. The van der Waals surface area contributed by atoms with Crippen molar-refractivity contribution in [3.8, 4) is 11.5 Å². The summed E-state index contributed by atoms with van der Waals surface area (Å²) in [5, 5.41) is 6.08. The van der Waals surface area contributed by atoms with Gasteiger partial charge in [0, 0.05) is 18.7 Å². The molecule has 1 heterocycles. The van der Waals surface area contributed by atoms with E-state index in [2.05, 4.69) is 10.6 Å². The van der Waals surface area contributed by atoms with E-state index in [0.29, 0.717) is 43.4 Å². The van der Waals surface area contributed by atoms with E-state index in [1.165, 1.54) is 0 Å². The Labute approximate surface area is 129 Å². The van der Waals surface area contributed by atoms with E-state index in [1.54, 1.807) is 0 Å². The summed E-state index contributed by atoms with van der Waals surface area (Å²) in [6, 6.07) is 15.3. The molecule has 2 N–H and O–H groups in total. The van der Waals surface area contributed by atoms with Crippen molar-refractivity contribution in [2.24, 2.45) is 0 Å². The van der Waals surface area contributed by atoms with Crippen LogP contribution in [0.15, 0.2) is 48.5 Å². The summed E-state index contributed by atoms with van der Waals surface area (Å²) < 4.78 is 11.1. The predicted octanol–water partition coefficient (Wildman–Crippen LogP) is 2.90. The molecule has 0 unspecified atom stereocenters. The van der Waals surface area contributed by atoms with E-state index in [-0.39, 0.29) is 5.91 Å². The van der Waals surface area contributed by atoms with Crippen LogP contribution in [0.3, 0.4) is 0 Å². The van der Waals surface area contributed by atoms with Gasteiger partial charge >= 0.3 is 0 Å². The number of benzene rings is 2. The molecule has 0 saturated carbocycles. The lowest BCUT2D eigenvalue weighted by Crippen LogP contribution is -2.20. The zero-order valence-electron chi connectivity index (χ0n) is 12.2. The molecule has 0 aliphatic carbocycles. The van der Waals surface area contributed by atoms with E-state index in [1.807, 2.05) is 48.5 Å². The van der Waals surface area contributed by atoms with Gasteiger partial charge in [-0.25, -0.2) is 0 Å². The maximum absolute atomic E-state index is 12.0. The average molecular weight is 298 g/mol. The van der Waals surface area contributed by atoms with Gasteiger partial charge in [0.1, 0.15) is 13.2 Å². The van der Waals surface area contributed by atoms with Crippen LogP contribution in [0.25, 0.3) is 0 Å². The first-order valence-electron chi connectivity index (χ1n) is 7.30. The molecule has 5 nitrogen and oxygen atoms in total. The molecular formula is C17H18N2O3. The number of rotatable bonds is 5. The Morgan fingerprint density at radius 2 is 1.82 bits per heavy atom. The Hall–Kier alpha value is -2.69. The molecular weight excluding hydrogens is 280 g/mol. The highest BCUT2D eigenvalue weighted by molar-refractivity contribution is 5.93. The zero-order chi connectivity index (χ0) is 15.2. The van der Waals surface area contributed by atoms with Crippen molar-refractivity contribution in [2.45, 2.75) is 6.42 Å². The van der Waals surface area contributed by atoms with Crippen LogP contribution >= 0.6 is 0 Å². The summed E-state index contributed by atoms with van der Waals surface area (Å²) in [6.45, 7) is 1.60. The van der Waals surface area contributed by atoms with Crippen LogP contribution < -0.4 is 20.1 Å². The molecule has 5 heteroatoms. The van der Waals surface area contributed by atoms with Crippen LogP contribution in [0, 0.1) is 0 Å². The van der Waals surface area contributed by atoms with E-state index in [9.17, 15) is 4.79 Å². The van der Waals surface area contributed by atoms with Gasteiger partial charge in [-0.15, -0.1) is 0 Å². The molecule has 0 radical (unpaired) electrons. The number of amides is 1. The van der Waals surface area contributed by atoms with Gasteiger partial charge < -0.3 is 20.1 Å². The molecule has 1 aliphatic heterocycles. The van der Waals surface area contributed by atoms with Crippen LogP contribution in [0.4, 0.5) is 11.4 Å². The van der Waals surface area contributed by atoms with Crippen LogP contribution in [-0.2, 0) is 4.79 Å². The van der Waals surface area contributed by atoms with E-state index >= 15 is 0 Å². The smallest absolute Gasteiger partial charge is 0.226 e. The fraction of sp³-hybridized carbons (Fsp3) is 0.235. The van der Waals surface area contributed by atoms with E-state index in [4.69, 9.17) is 9.47 Å². The molecule has 0 saturated heterocycles. The lowest BCUT2D eigenvalue weighted by atomic mass is 10.2. The molecule has 3 rings (SSSR count). The minimum absolute atomic E-state index is 0.0639. The molecule has 22 heavy (non-hydrogen) atoms. The third-order valence-electron chi connectivity index (χ3n) is 3.30. The SMILES string of the molecule is O=C(CCNc1ccccc1)Nc1cccc2c1OCCO2. The van der Waals surface area contributed by atoms with Crippen molar-refractivity contribution in [1.29, 1.82) is 0 Å². The van der Waals surface area contributed by atoms with Gasteiger partial charge in [-0.1, -0.05) is 24.3 Å². The summed E-state index contributed by atoms with van der Waals surface area (Å²) in [6.07, 6.45) is 0.374. The number of anilines is 2. The third kappa shape index (κ3) is 3.49. The average Bonchev–Trinajstić information content (AvgIpc) is 2.56. The van der Waals surface area contributed by atoms with Crippen LogP contribution in [0.5, 0.6) is 11.5 Å². The third-order valence-corrected chi connectivity index (χ3v) is 3.30. The number of fused-ring (bicyclic) bond motifs is 1. The standard InChI is InChI=1S/C17H18N2O3/c20-16(9-10-18-13-5-2-1-3-6-13)19-14-7-4-8-15-17(14)22-12-11-21-15/h1-8,18H,9-12H2,(H,19,20). The second kappa shape index (κ2) is 6.85. The van der Waals surface area contributed by atoms with Gasteiger partial charge in [0.2, 0.25) is 5.91 Å². The maximum Gasteiger partial charge on any atom is 0.226 e. The normalized spacial score (nSPS) is 12.5. The lowest BCUT2D eigenvalue weighted by molar-refractivity contribution is -0.116. The second-order valence-electron chi connectivity index (χ2n) is 4.92. The molecule has 114 valence electrons. The van der Waals surface area contributed by atoms with E-state index in [0.717, 1.165) is 5.69 Å². The van der Waals surface area contributed by atoms with Gasteiger partial charge in [0.15, 0.2) is 11.5 Å². The number of nitrogens with one attached hydrogen (secondary N) is 2. The molecule has 0 aromatic heterocycles. The van der Waals surface area contributed by atoms with Gasteiger partial charge in [0.05, 0.1) is 5.69 Å². The van der Waals surface area contributed by atoms with Gasteiger partial charge in [-0.2, -0.15) is 0 Å². The highest BCUT2D eigenvalue weighted by atomic mass is 16.6. The van der Waals surface area contributed by atoms with Crippen molar-refractivity contribution in [3.05, 3.63) is 48.5 Å². The Morgan fingerprint density at radius 1 is 1.00 bits per heavy atom. The number of hydrogen-bond donors (Lipinski definition) is 2. The van der Waals surface area contributed by atoms with Crippen molar-refractivity contribution in [1.82, 2.24) is 0 Å². The summed E-state index contributed by atoms with van der Waals surface area (Å²) in [4.78, 5) is 12.0. The molecule has 0 spiro atoms. The topological polar surface area (TPSA) is 59.6 Å². The summed E-state index contributed by atoms with van der Waals surface area (Å²) in [5.74, 6) is 1.22. The number of para-hydroxylation sites is 2. The van der Waals surface area contributed by atoms with Gasteiger partial charge in [0.25, 0.3) is 0 Å². The van der Waals surface area contributed by atoms with Crippen LogP contribution in [0.2, 0.25) is 0 Å². The molecule has 0 atom stereocenters. The van der Waals surface area contributed by atoms with Gasteiger partial charge in [-0.05, 0) is 24.3 Å². The second-order valence-corrected chi connectivity index (χ2v) is 4.92. The molecule has 1 aliphatic rings. The van der Waals surface area contributed by atoms with Crippen LogP contribution in [0.1, 0.15) is 6.42 Å². The monoisotopic (exact) mass is 298 g/mol. The fourth-order valence-corrected chi connectivity index (χ4v) is 2.26. The Balaban J connectivity index is 1.54. The Morgan fingerprint density at radius 3 is 2.68 bits per heavy atom. The first-order chi connectivity index (χ1) is 10.8. The van der Waals surface area contributed by atoms with Crippen molar-refractivity contribution in [3.63, 3.8) is 0 Å². The Bertz CT molecular complexity index is 644. The van der Waals surface area contributed by atoms with E-state index < -0.39 is 0 Å². The molecule has 0 fully saturated rings. The van der Waals surface area contributed by atoms with Gasteiger partial charge in [-0.3, -0.25) is 4.79 Å². The highest BCUT2D eigenvalue weighted by Gasteiger charge is 2.16. The summed E-state index contributed by atoms with van der Waals surface area (Å²) >= 11 is 0.